The molecule has 7 heteroatoms. The number of fused-ring (bicyclic) bond motifs is 1. The van der Waals surface area contributed by atoms with Crippen molar-refractivity contribution in [2.45, 2.75) is 0 Å². The van der Waals surface area contributed by atoms with Gasteiger partial charge in [0.25, 0.3) is 0 Å². The molecule has 18 heavy (non-hydrogen) atoms. The molecule has 0 radical (unpaired) electrons. The van der Waals surface area contributed by atoms with Crippen molar-refractivity contribution in [2.24, 2.45) is 4.40 Å². The average molecular weight is 310 g/mol. The molecule has 1 aromatic carbocycles. The zero-order valence-electron chi connectivity index (χ0n) is 8.75. The fraction of sp³-hybridized carbons (Fsp3) is 0. The highest BCUT2D eigenvalue weighted by molar-refractivity contribution is 8.78. The summed E-state index contributed by atoms with van der Waals surface area (Å²) in [4.78, 5) is 5.16. The van der Waals surface area contributed by atoms with Crippen LogP contribution in [0.3, 0.4) is 0 Å². The molecule has 2 aromatic rings. The Kier molecular flexibility index (Phi) is 3.31. The zero-order valence-corrected chi connectivity index (χ0v) is 12.0. The fourth-order valence-electron chi connectivity index (χ4n) is 1.48. The van der Waals surface area contributed by atoms with Crippen molar-refractivity contribution in [3.05, 3.63) is 34.2 Å². The average Bonchev–Trinajstić information content (AvgIpc) is 2.97. The molecule has 1 aliphatic heterocycles. The third-order valence-corrected chi connectivity index (χ3v) is 5.65. The van der Waals surface area contributed by atoms with Crippen LogP contribution in [0.4, 0.5) is 0 Å². The molecular weight excluding hydrogens is 306 g/mol. The number of hydrogen-bond acceptors (Lipinski definition) is 6. The molecule has 3 nitrogen and oxygen atoms in total. The Bertz CT molecular complexity index is 693. The maximum Gasteiger partial charge on any atom is 0.154 e. The third kappa shape index (κ3) is 2.04. The Morgan fingerprint density at radius 1 is 1.33 bits per heavy atom. The van der Waals surface area contributed by atoms with Crippen molar-refractivity contribution in [2.75, 3.05) is 0 Å². The Hall–Kier alpha value is -1.00. The van der Waals surface area contributed by atoms with Crippen LogP contribution in [0.1, 0.15) is 5.01 Å². The Labute approximate surface area is 120 Å². The molecule has 1 aliphatic rings. The molecule has 0 atom stereocenters. The molecule has 1 aromatic heterocycles. The predicted octanol–water partition coefficient (Wildman–Crippen LogP) is 4.48. The van der Waals surface area contributed by atoms with E-state index in [0.717, 1.165) is 10.2 Å². The molecule has 0 fully saturated rings. The van der Waals surface area contributed by atoms with Gasteiger partial charge in [-0.1, -0.05) is 23.7 Å². The number of aromatic nitrogens is 1. The standard InChI is InChI=1S/C11H4ClN3S3/c12-10-9(17-18-15-10)6(5-13)11-14-7-3-1-2-4-8(7)16-11/h1-4H. The SMILES string of the molecule is N#CC(=C1SSN=C1Cl)c1nc2ccccc2s1. The molecule has 0 unspecified atom stereocenters. The van der Waals surface area contributed by atoms with E-state index in [2.05, 4.69) is 15.5 Å². The lowest BCUT2D eigenvalue weighted by Crippen LogP contribution is -1.90. The summed E-state index contributed by atoms with van der Waals surface area (Å²) in [5.41, 5.74) is 1.40. The van der Waals surface area contributed by atoms with E-state index in [4.69, 9.17) is 11.6 Å². The topological polar surface area (TPSA) is 49.0 Å². The van der Waals surface area contributed by atoms with Gasteiger partial charge in [-0.05, 0) is 22.9 Å². The minimum Gasteiger partial charge on any atom is -0.235 e. The first-order chi connectivity index (χ1) is 8.79. The van der Waals surface area contributed by atoms with E-state index in [1.54, 1.807) is 0 Å². The van der Waals surface area contributed by atoms with E-state index in [-0.39, 0.29) is 0 Å². The normalized spacial score (nSPS) is 17.7. The van der Waals surface area contributed by atoms with Gasteiger partial charge in [0, 0.05) is 0 Å². The van der Waals surface area contributed by atoms with E-state index in [1.807, 2.05) is 24.3 Å². The van der Waals surface area contributed by atoms with Gasteiger partial charge in [0.15, 0.2) is 5.17 Å². The minimum absolute atomic E-state index is 0.376. The number of benzene rings is 1. The molecule has 0 bridgehead atoms. The van der Waals surface area contributed by atoms with Gasteiger partial charge < -0.3 is 0 Å². The molecule has 0 N–H and O–H groups in total. The molecule has 3 rings (SSSR count). The summed E-state index contributed by atoms with van der Waals surface area (Å²) in [6, 6.07) is 9.99. The minimum atomic E-state index is 0.376. The van der Waals surface area contributed by atoms with Crippen LogP contribution < -0.4 is 0 Å². The van der Waals surface area contributed by atoms with Crippen LogP contribution in [-0.2, 0) is 0 Å². The summed E-state index contributed by atoms with van der Waals surface area (Å²) in [6.45, 7) is 0. The van der Waals surface area contributed by atoms with Crippen molar-refractivity contribution >= 4 is 65.7 Å². The first-order valence-electron chi connectivity index (χ1n) is 4.87. The lowest BCUT2D eigenvalue weighted by atomic mass is 10.3. The number of nitriles is 1. The molecule has 0 aliphatic carbocycles. The lowest BCUT2D eigenvalue weighted by molar-refractivity contribution is 1.43. The highest BCUT2D eigenvalue weighted by atomic mass is 35.5. The summed E-state index contributed by atoms with van der Waals surface area (Å²) in [7, 11) is 2.67. The van der Waals surface area contributed by atoms with Crippen molar-refractivity contribution in [1.82, 2.24) is 4.98 Å². The van der Waals surface area contributed by atoms with Gasteiger partial charge in [0.05, 0.1) is 26.1 Å². The molecule has 88 valence electrons. The van der Waals surface area contributed by atoms with Crippen molar-refractivity contribution in [3.8, 4) is 6.07 Å². The van der Waals surface area contributed by atoms with Gasteiger partial charge in [0.1, 0.15) is 16.6 Å². The number of halogens is 1. The van der Waals surface area contributed by atoms with Gasteiger partial charge in [-0.25, -0.2) is 4.98 Å². The van der Waals surface area contributed by atoms with E-state index in [9.17, 15) is 5.26 Å². The summed E-state index contributed by atoms with van der Waals surface area (Å²) in [5, 5.41) is 10.4. The first kappa shape index (κ1) is 12.1. The van der Waals surface area contributed by atoms with Crippen LogP contribution in [0.5, 0.6) is 0 Å². The van der Waals surface area contributed by atoms with Crippen molar-refractivity contribution in [1.29, 1.82) is 5.26 Å². The van der Waals surface area contributed by atoms with Crippen LogP contribution in [0.15, 0.2) is 33.6 Å². The molecule has 0 saturated heterocycles. The molecule has 0 spiro atoms. The summed E-state index contributed by atoms with van der Waals surface area (Å²) in [5.74, 6) is 0. The smallest absolute Gasteiger partial charge is 0.154 e. The maximum atomic E-state index is 9.31. The quantitative estimate of drug-likeness (QED) is 0.443. The van der Waals surface area contributed by atoms with Crippen molar-refractivity contribution < 1.29 is 0 Å². The second-order valence-electron chi connectivity index (χ2n) is 3.34. The highest BCUT2D eigenvalue weighted by Gasteiger charge is 2.22. The van der Waals surface area contributed by atoms with E-state index in [1.165, 1.54) is 33.1 Å². The molecule has 0 saturated carbocycles. The highest BCUT2D eigenvalue weighted by Crippen LogP contribution is 2.44. The number of nitrogens with zero attached hydrogens (tertiary/aromatic N) is 3. The Morgan fingerprint density at radius 3 is 2.83 bits per heavy atom. The van der Waals surface area contributed by atoms with Gasteiger partial charge in [-0.2, -0.15) is 9.66 Å². The summed E-state index contributed by atoms with van der Waals surface area (Å²) < 4.78 is 5.06. The monoisotopic (exact) mass is 309 g/mol. The van der Waals surface area contributed by atoms with E-state index in [0.29, 0.717) is 20.7 Å². The number of hydrogen-bond donors (Lipinski definition) is 0. The van der Waals surface area contributed by atoms with Crippen LogP contribution >= 0.6 is 44.7 Å². The van der Waals surface area contributed by atoms with Crippen LogP contribution in [0, 0.1) is 11.3 Å². The van der Waals surface area contributed by atoms with E-state index < -0.39 is 0 Å². The fourth-order valence-corrected chi connectivity index (χ4v) is 4.80. The third-order valence-electron chi connectivity index (χ3n) is 2.27. The Morgan fingerprint density at radius 2 is 2.17 bits per heavy atom. The molecule has 2 heterocycles. The number of rotatable bonds is 1. The summed E-state index contributed by atoms with van der Waals surface area (Å²) in [6.07, 6.45) is 0. The first-order valence-corrected chi connectivity index (χ1v) is 8.17. The predicted molar refractivity (Wildman–Crippen MR) is 80.6 cm³/mol. The molecule has 0 amide bonds. The van der Waals surface area contributed by atoms with Gasteiger partial charge in [-0.15, -0.1) is 11.3 Å². The zero-order chi connectivity index (χ0) is 12.5. The van der Waals surface area contributed by atoms with Gasteiger partial charge >= 0.3 is 0 Å². The van der Waals surface area contributed by atoms with Crippen LogP contribution in [-0.4, -0.2) is 10.2 Å². The summed E-state index contributed by atoms with van der Waals surface area (Å²) >= 11 is 7.47. The van der Waals surface area contributed by atoms with Crippen LogP contribution in [0.2, 0.25) is 0 Å². The van der Waals surface area contributed by atoms with Gasteiger partial charge in [0.2, 0.25) is 0 Å². The lowest BCUT2D eigenvalue weighted by Gasteiger charge is -1.96. The van der Waals surface area contributed by atoms with Crippen molar-refractivity contribution in [3.63, 3.8) is 0 Å². The number of allylic oxidation sites excluding steroid dienone is 2. The largest absolute Gasteiger partial charge is 0.235 e. The Balaban J connectivity index is 2.19. The molecular formula is C11H4ClN3S3. The van der Waals surface area contributed by atoms with Gasteiger partial charge in [-0.3, -0.25) is 0 Å². The second kappa shape index (κ2) is 4.94. The second-order valence-corrected chi connectivity index (χ2v) is 6.59. The maximum absolute atomic E-state index is 9.31. The van der Waals surface area contributed by atoms with Crippen LogP contribution in [0.25, 0.3) is 15.8 Å². The number of thiazole rings is 1. The van der Waals surface area contributed by atoms with E-state index >= 15 is 0 Å². The number of para-hydroxylation sites is 1.